The van der Waals surface area contributed by atoms with Crippen LogP contribution in [0.15, 0.2) is 40.9 Å². The van der Waals surface area contributed by atoms with Crippen LogP contribution in [0.3, 0.4) is 0 Å². The SMILES string of the molecule is Cc1noc(C)c1-c1ccc2c(c1)nc([C@@H]1CCC(=O)N1c1ccc(F)c(F)c1)n2CSC1CCC(=O)NC1. The van der Waals surface area contributed by atoms with Gasteiger partial charge < -0.3 is 19.3 Å². The molecule has 2 aromatic carbocycles. The molecule has 0 saturated carbocycles. The first-order valence-electron chi connectivity index (χ1n) is 12.9. The van der Waals surface area contributed by atoms with E-state index in [0.717, 1.165) is 46.4 Å². The number of anilines is 1. The van der Waals surface area contributed by atoms with E-state index in [9.17, 15) is 18.4 Å². The van der Waals surface area contributed by atoms with Gasteiger partial charge in [0.1, 0.15) is 11.6 Å². The summed E-state index contributed by atoms with van der Waals surface area (Å²) < 4.78 is 35.3. The molecular weight excluding hydrogens is 524 g/mol. The van der Waals surface area contributed by atoms with Gasteiger partial charge in [0.05, 0.1) is 28.6 Å². The first-order valence-corrected chi connectivity index (χ1v) is 13.9. The van der Waals surface area contributed by atoms with E-state index < -0.39 is 17.7 Å². The molecule has 0 spiro atoms. The number of amides is 2. The van der Waals surface area contributed by atoms with Gasteiger partial charge in [0, 0.05) is 42.0 Å². The number of halogens is 2. The van der Waals surface area contributed by atoms with Crippen molar-refractivity contribution in [1.82, 2.24) is 20.0 Å². The van der Waals surface area contributed by atoms with Crippen LogP contribution in [0.2, 0.25) is 0 Å². The van der Waals surface area contributed by atoms with Crippen LogP contribution in [0, 0.1) is 25.5 Å². The predicted octanol–water partition coefficient (Wildman–Crippen LogP) is 5.42. The highest BCUT2D eigenvalue weighted by Gasteiger charge is 2.37. The Kier molecular flexibility index (Phi) is 6.62. The molecule has 2 amide bonds. The zero-order valence-electron chi connectivity index (χ0n) is 21.5. The maximum Gasteiger partial charge on any atom is 0.227 e. The number of carbonyl (C=O) groups excluding carboxylic acids is 2. The molecule has 6 rings (SSSR count). The standard InChI is InChI=1S/C28H27F2N5O3S/c1-15-27(16(2)38-33-15)17-3-7-23-22(11-17)32-28(34(23)14-39-19-5-9-25(36)31-13-19)24-8-10-26(37)35(24)18-4-6-20(29)21(30)12-18/h3-4,6-7,11-12,19,24H,5,8-10,13-14H2,1-2H3,(H,31,36)/t19?,24-/m0/s1. The van der Waals surface area contributed by atoms with Crippen molar-refractivity contribution in [3.8, 4) is 11.1 Å². The van der Waals surface area contributed by atoms with E-state index in [0.29, 0.717) is 42.5 Å². The molecule has 2 aliphatic heterocycles. The van der Waals surface area contributed by atoms with E-state index >= 15 is 0 Å². The Balaban J connectivity index is 1.42. The van der Waals surface area contributed by atoms with Gasteiger partial charge in [-0.1, -0.05) is 11.2 Å². The number of nitrogens with one attached hydrogen (secondary N) is 1. The molecule has 202 valence electrons. The van der Waals surface area contributed by atoms with Crippen molar-refractivity contribution in [2.45, 2.75) is 56.7 Å². The summed E-state index contributed by atoms with van der Waals surface area (Å²) in [7, 11) is 0. The average Bonchev–Trinajstić information content (AvgIpc) is 3.59. The monoisotopic (exact) mass is 551 g/mol. The molecular formula is C28H27F2N5O3S. The van der Waals surface area contributed by atoms with Crippen LogP contribution in [-0.4, -0.2) is 38.3 Å². The summed E-state index contributed by atoms with van der Waals surface area (Å²) in [4.78, 5) is 31.2. The molecule has 2 aromatic heterocycles. The zero-order chi connectivity index (χ0) is 27.3. The van der Waals surface area contributed by atoms with Crippen molar-refractivity contribution in [2.75, 3.05) is 11.4 Å². The number of aryl methyl sites for hydroxylation is 2. The quantitative estimate of drug-likeness (QED) is 0.344. The van der Waals surface area contributed by atoms with Crippen LogP contribution >= 0.6 is 11.8 Å². The van der Waals surface area contributed by atoms with Gasteiger partial charge in [-0.3, -0.25) is 9.59 Å². The lowest BCUT2D eigenvalue weighted by Gasteiger charge is -2.26. The van der Waals surface area contributed by atoms with Crippen molar-refractivity contribution in [3.63, 3.8) is 0 Å². The molecule has 1 unspecified atom stereocenters. The minimum atomic E-state index is -1.00. The zero-order valence-corrected chi connectivity index (χ0v) is 22.4. The third kappa shape index (κ3) is 4.69. The normalized spacial score (nSPS) is 19.7. The molecule has 0 aliphatic carbocycles. The van der Waals surface area contributed by atoms with Gasteiger partial charge in [0.15, 0.2) is 11.6 Å². The van der Waals surface area contributed by atoms with Crippen LogP contribution in [0.4, 0.5) is 14.5 Å². The van der Waals surface area contributed by atoms with Crippen molar-refractivity contribution in [2.24, 2.45) is 0 Å². The lowest BCUT2D eigenvalue weighted by molar-refractivity contribution is -0.122. The number of rotatable bonds is 6. The van der Waals surface area contributed by atoms with E-state index in [1.54, 1.807) is 11.8 Å². The molecule has 1 N–H and O–H groups in total. The molecule has 0 radical (unpaired) electrons. The number of benzene rings is 2. The fourth-order valence-electron chi connectivity index (χ4n) is 5.51. The number of imidazole rings is 1. The van der Waals surface area contributed by atoms with Gasteiger partial charge in [-0.25, -0.2) is 13.8 Å². The second kappa shape index (κ2) is 10.1. The number of fused-ring (bicyclic) bond motifs is 1. The molecule has 2 saturated heterocycles. The van der Waals surface area contributed by atoms with Crippen LogP contribution in [0.5, 0.6) is 0 Å². The highest BCUT2D eigenvalue weighted by Crippen LogP contribution is 2.40. The molecule has 39 heavy (non-hydrogen) atoms. The van der Waals surface area contributed by atoms with Gasteiger partial charge in [0.25, 0.3) is 0 Å². The Morgan fingerprint density at radius 3 is 2.64 bits per heavy atom. The Bertz CT molecular complexity index is 1570. The van der Waals surface area contributed by atoms with Crippen molar-refractivity contribution >= 4 is 40.3 Å². The van der Waals surface area contributed by atoms with Crippen LogP contribution in [-0.2, 0) is 15.5 Å². The Morgan fingerprint density at radius 1 is 1.08 bits per heavy atom. The second-order valence-electron chi connectivity index (χ2n) is 9.98. The molecule has 2 atom stereocenters. The van der Waals surface area contributed by atoms with Crippen LogP contribution < -0.4 is 10.2 Å². The van der Waals surface area contributed by atoms with Gasteiger partial charge in [-0.2, -0.15) is 0 Å². The topological polar surface area (TPSA) is 93.3 Å². The number of thioether (sulfide) groups is 1. The Morgan fingerprint density at radius 2 is 1.92 bits per heavy atom. The number of nitrogens with zero attached hydrogens (tertiary/aromatic N) is 4. The third-order valence-corrected chi connectivity index (χ3v) is 8.73. The number of hydrogen-bond donors (Lipinski definition) is 1. The van der Waals surface area contributed by atoms with Crippen molar-refractivity contribution in [1.29, 1.82) is 0 Å². The summed E-state index contributed by atoms with van der Waals surface area (Å²) in [5, 5.41) is 7.26. The summed E-state index contributed by atoms with van der Waals surface area (Å²) in [6, 6.07) is 9.10. The summed E-state index contributed by atoms with van der Waals surface area (Å²) in [6.45, 7) is 4.36. The molecule has 0 bridgehead atoms. The first-order chi connectivity index (χ1) is 18.8. The molecule has 4 aromatic rings. The molecule has 11 heteroatoms. The van der Waals surface area contributed by atoms with Crippen LogP contribution in [0.1, 0.15) is 49.0 Å². The third-order valence-electron chi connectivity index (χ3n) is 7.45. The molecule has 4 heterocycles. The van der Waals surface area contributed by atoms with E-state index in [4.69, 9.17) is 9.51 Å². The summed E-state index contributed by atoms with van der Waals surface area (Å²) in [5.74, 6) is -0.0951. The first kappa shape index (κ1) is 25.5. The summed E-state index contributed by atoms with van der Waals surface area (Å²) in [6.07, 6.45) is 2.07. The molecule has 2 aliphatic rings. The molecule has 8 nitrogen and oxygen atoms in total. The van der Waals surface area contributed by atoms with Gasteiger partial charge >= 0.3 is 0 Å². The minimum Gasteiger partial charge on any atom is -0.361 e. The van der Waals surface area contributed by atoms with Crippen molar-refractivity contribution < 1.29 is 22.9 Å². The fraction of sp³-hybridized carbons (Fsp3) is 0.357. The lowest BCUT2D eigenvalue weighted by atomic mass is 10.0. The number of carbonyl (C=O) groups is 2. The van der Waals surface area contributed by atoms with E-state index in [1.807, 2.05) is 32.0 Å². The second-order valence-corrected chi connectivity index (χ2v) is 11.2. The van der Waals surface area contributed by atoms with Gasteiger partial charge in [0.2, 0.25) is 11.8 Å². The number of hydrogen-bond acceptors (Lipinski definition) is 6. The molecule has 2 fully saturated rings. The highest BCUT2D eigenvalue weighted by atomic mass is 32.2. The van der Waals surface area contributed by atoms with Crippen LogP contribution in [0.25, 0.3) is 22.2 Å². The van der Waals surface area contributed by atoms with Crippen molar-refractivity contribution in [3.05, 3.63) is 65.3 Å². The van der Waals surface area contributed by atoms with E-state index in [1.165, 1.54) is 11.0 Å². The highest BCUT2D eigenvalue weighted by molar-refractivity contribution is 7.99. The summed E-state index contributed by atoms with van der Waals surface area (Å²) in [5.41, 5.74) is 4.59. The minimum absolute atomic E-state index is 0.0686. The van der Waals surface area contributed by atoms with Gasteiger partial charge in [-0.05, 0) is 56.5 Å². The Labute approximate surface area is 227 Å². The van der Waals surface area contributed by atoms with E-state index in [2.05, 4.69) is 15.0 Å². The fourth-order valence-corrected chi connectivity index (χ4v) is 6.63. The number of aromatic nitrogens is 3. The Hall–Kier alpha value is -3.73. The van der Waals surface area contributed by atoms with Gasteiger partial charge in [-0.15, -0.1) is 11.8 Å². The maximum atomic E-state index is 14.2. The maximum absolute atomic E-state index is 14.2. The number of piperidine rings is 1. The summed E-state index contributed by atoms with van der Waals surface area (Å²) >= 11 is 1.72. The lowest BCUT2D eigenvalue weighted by Crippen LogP contribution is -2.36. The predicted molar refractivity (Wildman–Crippen MR) is 144 cm³/mol. The smallest absolute Gasteiger partial charge is 0.227 e. The average molecular weight is 552 g/mol. The van der Waals surface area contributed by atoms with E-state index in [-0.39, 0.29) is 23.5 Å². The largest absolute Gasteiger partial charge is 0.361 e.